The van der Waals surface area contributed by atoms with Crippen LogP contribution in [0.3, 0.4) is 0 Å². The van der Waals surface area contributed by atoms with Crippen LogP contribution < -0.4 is 5.32 Å². The zero-order valence-corrected chi connectivity index (χ0v) is 15.3. The van der Waals surface area contributed by atoms with Crippen LogP contribution in [0.1, 0.15) is 44.9 Å². The van der Waals surface area contributed by atoms with Crippen LogP contribution in [-0.2, 0) is 19.4 Å². The van der Waals surface area contributed by atoms with E-state index in [9.17, 15) is 22.8 Å². The van der Waals surface area contributed by atoms with Gasteiger partial charge in [-0.25, -0.2) is 13.2 Å². The van der Waals surface area contributed by atoms with Crippen molar-refractivity contribution in [1.29, 1.82) is 0 Å². The summed E-state index contributed by atoms with van der Waals surface area (Å²) in [6.45, 7) is 0.217. The minimum atomic E-state index is -3.03. The Balaban J connectivity index is 1.48. The van der Waals surface area contributed by atoms with E-state index in [0.717, 1.165) is 12.8 Å². The van der Waals surface area contributed by atoms with Crippen LogP contribution >= 0.6 is 0 Å². The minimum Gasteiger partial charge on any atom is -0.342 e. The van der Waals surface area contributed by atoms with Gasteiger partial charge in [0, 0.05) is 26.1 Å². The van der Waals surface area contributed by atoms with Gasteiger partial charge in [0.2, 0.25) is 5.91 Å². The topological polar surface area (TPSA) is 104 Å². The summed E-state index contributed by atoms with van der Waals surface area (Å²) in [5.41, 5.74) is -0.712. The largest absolute Gasteiger partial charge is 0.342 e. The Morgan fingerprint density at radius 3 is 2.60 bits per heavy atom. The van der Waals surface area contributed by atoms with E-state index in [0.29, 0.717) is 25.7 Å². The van der Waals surface area contributed by atoms with E-state index in [1.807, 2.05) is 0 Å². The molecule has 1 atom stereocenters. The van der Waals surface area contributed by atoms with Gasteiger partial charge in [0.15, 0.2) is 9.84 Å². The maximum Gasteiger partial charge on any atom is 0.325 e. The van der Waals surface area contributed by atoms with Crippen LogP contribution in [0, 0.1) is 0 Å². The molecular weight excluding hydrogens is 346 g/mol. The maximum atomic E-state index is 12.5. The van der Waals surface area contributed by atoms with Crippen LogP contribution in [0.5, 0.6) is 0 Å². The summed E-state index contributed by atoms with van der Waals surface area (Å²) in [6, 6.07) is -0.634. The van der Waals surface area contributed by atoms with Crippen LogP contribution in [0.2, 0.25) is 0 Å². The lowest BCUT2D eigenvalue weighted by molar-refractivity contribution is -0.133. The number of nitrogens with zero attached hydrogens (tertiary/aromatic N) is 2. The third-order valence-electron chi connectivity index (χ3n) is 5.62. The number of carbonyl (C=O) groups is 3. The summed E-state index contributed by atoms with van der Waals surface area (Å²) in [5, 5.41) is 2.82. The van der Waals surface area contributed by atoms with Crippen LogP contribution in [-0.4, -0.2) is 72.7 Å². The molecule has 1 aliphatic carbocycles. The highest BCUT2D eigenvalue weighted by Crippen LogP contribution is 2.35. The molecule has 140 valence electrons. The average molecular weight is 371 g/mol. The number of urea groups is 1. The quantitative estimate of drug-likeness (QED) is 0.699. The van der Waals surface area contributed by atoms with Gasteiger partial charge in [-0.05, 0) is 25.7 Å². The lowest BCUT2D eigenvalue weighted by Gasteiger charge is -2.24. The molecule has 3 fully saturated rings. The molecule has 25 heavy (non-hydrogen) atoms. The summed E-state index contributed by atoms with van der Waals surface area (Å²) < 4.78 is 23.0. The zero-order chi connectivity index (χ0) is 18.2. The Hall–Kier alpha value is -1.64. The fourth-order valence-electron chi connectivity index (χ4n) is 4.05. The fourth-order valence-corrected chi connectivity index (χ4v) is 5.82. The molecule has 0 bridgehead atoms. The lowest BCUT2D eigenvalue weighted by atomic mass is 9.98. The summed E-state index contributed by atoms with van der Waals surface area (Å²) in [4.78, 5) is 39.5. The third kappa shape index (κ3) is 3.51. The van der Waals surface area contributed by atoms with Gasteiger partial charge >= 0.3 is 6.03 Å². The Morgan fingerprint density at radius 2 is 2.00 bits per heavy atom. The predicted octanol–water partition coefficient (Wildman–Crippen LogP) is 0.277. The number of carbonyl (C=O) groups excluding carboxylic acids is 3. The Labute approximate surface area is 147 Å². The molecule has 0 aromatic carbocycles. The molecular formula is C16H25N3O5S. The fraction of sp³-hybridized carbons (Fsp3) is 0.812. The van der Waals surface area contributed by atoms with Gasteiger partial charge in [-0.1, -0.05) is 12.8 Å². The molecule has 0 radical (unpaired) electrons. The second-order valence-corrected chi connectivity index (χ2v) is 9.57. The highest BCUT2D eigenvalue weighted by atomic mass is 32.2. The minimum absolute atomic E-state index is 0.0186. The van der Waals surface area contributed by atoms with E-state index < -0.39 is 15.4 Å². The summed E-state index contributed by atoms with van der Waals surface area (Å²) in [6.07, 6.45) is 4.30. The van der Waals surface area contributed by atoms with Gasteiger partial charge in [0.1, 0.15) is 5.54 Å². The van der Waals surface area contributed by atoms with E-state index in [4.69, 9.17) is 0 Å². The van der Waals surface area contributed by atoms with Crippen LogP contribution in [0.15, 0.2) is 0 Å². The number of rotatable bonds is 5. The molecule has 4 amide bonds. The summed E-state index contributed by atoms with van der Waals surface area (Å²) in [7, 11) is -1.41. The molecule has 8 nitrogen and oxygen atoms in total. The van der Waals surface area contributed by atoms with Crippen molar-refractivity contribution in [2.24, 2.45) is 0 Å². The Kier molecular flexibility index (Phi) is 4.78. The third-order valence-corrected chi connectivity index (χ3v) is 7.38. The summed E-state index contributed by atoms with van der Waals surface area (Å²) >= 11 is 0. The zero-order valence-electron chi connectivity index (χ0n) is 14.5. The number of hydrogen-bond donors (Lipinski definition) is 1. The van der Waals surface area contributed by atoms with Gasteiger partial charge in [-0.2, -0.15) is 0 Å². The summed E-state index contributed by atoms with van der Waals surface area (Å²) in [5.74, 6) is -0.174. The number of hydrogen-bond acceptors (Lipinski definition) is 5. The van der Waals surface area contributed by atoms with Crippen molar-refractivity contribution < 1.29 is 22.8 Å². The normalized spacial score (nSPS) is 27.1. The van der Waals surface area contributed by atoms with Gasteiger partial charge in [-0.3, -0.25) is 14.5 Å². The second-order valence-electron chi connectivity index (χ2n) is 7.34. The van der Waals surface area contributed by atoms with E-state index in [2.05, 4.69) is 5.32 Å². The highest BCUT2D eigenvalue weighted by molar-refractivity contribution is 7.91. The van der Waals surface area contributed by atoms with Crippen LogP contribution in [0.25, 0.3) is 0 Å². The highest BCUT2D eigenvalue weighted by Gasteiger charge is 2.52. The number of amides is 4. The number of sulfone groups is 1. The van der Waals surface area contributed by atoms with Gasteiger partial charge in [0.25, 0.3) is 5.91 Å². The van der Waals surface area contributed by atoms with Crippen molar-refractivity contribution in [2.75, 3.05) is 25.1 Å². The van der Waals surface area contributed by atoms with Crippen molar-refractivity contribution in [1.82, 2.24) is 15.1 Å². The molecule has 0 aromatic heterocycles. The standard InChI is InChI=1S/C16H25N3O5S/c1-18(12-6-10-25(23,24)11-12)13(20)5-4-9-19-14(21)16(17-15(19)22)7-2-3-8-16/h12H,2-11H2,1H3,(H,17,22)/t12-/m0/s1. The molecule has 9 heteroatoms. The monoisotopic (exact) mass is 371 g/mol. The molecule has 3 rings (SSSR count). The Morgan fingerprint density at radius 1 is 1.32 bits per heavy atom. The van der Waals surface area contributed by atoms with Crippen molar-refractivity contribution >= 4 is 27.7 Å². The molecule has 0 aromatic rings. The first-order valence-corrected chi connectivity index (χ1v) is 10.7. The van der Waals surface area contributed by atoms with Crippen molar-refractivity contribution in [3.8, 4) is 0 Å². The molecule has 2 heterocycles. The van der Waals surface area contributed by atoms with E-state index in [1.54, 1.807) is 7.05 Å². The molecule has 2 saturated heterocycles. The van der Waals surface area contributed by atoms with Crippen molar-refractivity contribution in [3.63, 3.8) is 0 Å². The van der Waals surface area contributed by atoms with Crippen molar-refractivity contribution in [2.45, 2.75) is 56.5 Å². The van der Waals surface area contributed by atoms with Crippen LogP contribution in [0.4, 0.5) is 4.79 Å². The first-order valence-electron chi connectivity index (χ1n) is 8.84. The number of nitrogens with one attached hydrogen (secondary N) is 1. The maximum absolute atomic E-state index is 12.5. The molecule has 0 unspecified atom stereocenters. The first kappa shape index (κ1) is 18.2. The predicted molar refractivity (Wildman–Crippen MR) is 90.5 cm³/mol. The molecule has 1 saturated carbocycles. The van der Waals surface area contributed by atoms with Gasteiger partial charge < -0.3 is 10.2 Å². The van der Waals surface area contributed by atoms with E-state index in [-0.39, 0.29) is 48.4 Å². The molecule has 2 aliphatic heterocycles. The first-order chi connectivity index (χ1) is 11.7. The van der Waals surface area contributed by atoms with Crippen molar-refractivity contribution in [3.05, 3.63) is 0 Å². The lowest BCUT2D eigenvalue weighted by Crippen LogP contribution is -2.44. The Bertz CT molecular complexity index is 684. The second kappa shape index (κ2) is 6.59. The average Bonchev–Trinajstić information content (AvgIpc) is 3.22. The van der Waals surface area contributed by atoms with E-state index in [1.165, 1.54) is 9.80 Å². The van der Waals surface area contributed by atoms with E-state index >= 15 is 0 Å². The molecule has 1 N–H and O–H groups in total. The molecule has 3 aliphatic rings. The SMILES string of the molecule is CN(C(=O)CCCN1C(=O)NC2(CCCC2)C1=O)[C@H]1CCS(=O)(=O)C1. The number of imide groups is 1. The smallest absolute Gasteiger partial charge is 0.325 e. The van der Waals surface area contributed by atoms with Gasteiger partial charge in [-0.15, -0.1) is 0 Å². The van der Waals surface area contributed by atoms with Gasteiger partial charge in [0.05, 0.1) is 11.5 Å². The molecule has 1 spiro atoms.